The highest BCUT2D eigenvalue weighted by molar-refractivity contribution is 5.38. The summed E-state index contributed by atoms with van der Waals surface area (Å²) in [7, 11) is 0. The lowest BCUT2D eigenvalue weighted by atomic mass is 10.2. The Kier molecular flexibility index (Phi) is 2.91. The Bertz CT molecular complexity index is 506. The summed E-state index contributed by atoms with van der Waals surface area (Å²) in [5.41, 5.74) is 1.65. The number of hydrogen-bond acceptors (Lipinski definition) is 1. The van der Waals surface area contributed by atoms with Gasteiger partial charge in [0, 0.05) is 0 Å². The van der Waals surface area contributed by atoms with Gasteiger partial charge in [0.15, 0.2) is 0 Å². The van der Waals surface area contributed by atoms with Gasteiger partial charge in [-0.2, -0.15) is 0 Å². The van der Waals surface area contributed by atoms with Crippen molar-refractivity contribution < 1.29 is 9.13 Å². The fourth-order valence-electron chi connectivity index (χ4n) is 1.48. The number of para-hydroxylation sites is 1. The van der Waals surface area contributed by atoms with Gasteiger partial charge in [-0.05, 0) is 49.2 Å². The number of rotatable bonds is 2. The normalized spacial score (nSPS) is 10.2. The van der Waals surface area contributed by atoms with Crippen molar-refractivity contribution in [2.24, 2.45) is 0 Å². The van der Waals surface area contributed by atoms with Crippen LogP contribution in [0.5, 0.6) is 11.5 Å². The van der Waals surface area contributed by atoms with Crippen molar-refractivity contribution in [2.75, 3.05) is 0 Å². The van der Waals surface area contributed by atoms with E-state index in [4.69, 9.17) is 4.74 Å². The molecule has 0 spiro atoms. The SMILES string of the molecule is Cc1cc(Oc2ccccc2C)ccc1F. The van der Waals surface area contributed by atoms with Gasteiger partial charge >= 0.3 is 0 Å². The van der Waals surface area contributed by atoms with Gasteiger partial charge in [-0.25, -0.2) is 4.39 Å². The first kappa shape index (κ1) is 10.7. The van der Waals surface area contributed by atoms with E-state index < -0.39 is 0 Å². The molecule has 0 aliphatic rings. The molecule has 0 N–H and O–H groups in total. The van der Waals surface area contributed by atoms with Gasteiger partial charge < -0.3 is 4.74 Å². The second kappa shape index (κ2) is 4.35. The molecule has 2 heteroatoms. The summed E-state index contributed by atoms with van der Waals surface area (Å²) < 4.78 is 18.7. The molecular weight excluding hydrogens is 203 g/mol. The largest absolute Gasteiger partial charge is 0.457 e. The molecule has 0 unspecified atom stereocenters. The average Bonchev–Trinajstić information content (AvgIpc) is 2.27. The number of hydrogen-bond donors (Lipinski definition) is 0. The maximum absolute atomic E-state index is 13.1. The second-order valence-electron chi connectivity index (χ2n) is 3.78. The van der Waals surface area contributed by atoms with Crippen LogP contribution in [0, 0.1) is 19.7 Å². The zero-order valence-corrected chi connectivity index (χ0v) is 9.33. The molecule has 0 saturated heterocycles. The Morgan fingerprint density at radius 2 is 1.69 bits per heavy atom. The minimum Gasteiger partial charge on any atom is -0.457 e. The molecule has 2 rings (SSSR count). The van der Waals surface area contributed by atoms with E-state index in [0.29, 0.717) is 11.3 Å². The minimum atomic E-state index is -0.211. The standard InChI is InChI=1S/C14H13FO/c1-10-5-3-4-6-14(10)16-12-7-8-13(15)11(2)9-12/h3-9H,1-2H3. The number of halogens is 1. The highest BCUT2D eigenvalue weighted by Crippen LogP contribution is 2.25. The summed E-state index contributed by atoms with van der Waals surface area (Å²) in [5, 5.41) is 0. The lowest BCUT2D eigenvalue weighted by molar-refractivity contribution is 0.476. The summed E-state index contributed by atoms with van der Waals surface area (Å²) >= 11 is 0. The molecule has 2 aromatic rings. The van der Waals surface area contributed by atoms with Crippen LogP contribution in [0.4, 0.5) is 4.39 Å². The monoisotopic (exact) mass is 216 g/mol. The first-order valence-electron chi connectivity index (χ1n) is 5.16. The van der Waals surface area contributed by atoms with Crippen molar-refractivity contribution in [3.05, 3.63) is 59.4 Å². The topological polar surface area (TPSA) is 9.23 Å². The van der Waals surface area contributed by atoms with E-state index >= 15 is 0 Å². The summed E-state index contributed by atoms with van der Waals surface area (Å²) in [4.78, 5) is 0. The van der Waals surface area contributed by atoms with Crippen molar-refractivity contribution in [3.8, 4) is 11.5 Å². The zero-order chi connectivity index (χ0) is 11.5. The molecule has 0 aliphatic carbocycles. The molecule has 0 aliphatic heterocycles. The van der Waals surface area contributed by atoms with E-state index in [1.54, 1.807) is 19.1 Å². The predicted molar refractivity (Wildman–Crippen MR) is 62.4 cm³/mol. The number of ether oxygens (including phenoxy) is 1. The Labute approximate surface area is 94.5 Å². The molecule has 0 aromatic heterocycles. The maximum atomic E-state index is 13.1. The molecule has 0 amide bonds. The van der Waals surface area contributed by atoms with Crippen molar-refractivity contribution in [1.82, 2.24) is 0 Å². The fourth-order valence-corrected chi connectivity index (χ4v) is 1.48. The first-order valence-corrected chi connectivity index (χ1v) is 5.16. The minimum absolute atomic E-state index is 0.211. The second-order valence-corrected chi connectivity index (χ2v) is 3.78. The van der Waals surface area contributed by atoms with Crippen LogP contribution >= 0.6 is 0 Å². The quantitative estimate of drug-likeness (QED) is 0.729. The smallest absolute Gasteiger partial charge is 0.130 e. The van der Waals surface area contributed by atoms with Gasteiger partial charge in [-0.1, -0.05) is 18.2 Å². The Balaban J connectivity index is 2.28. The summed E-state index contributed by atoms with van der Waals surface area (Å²) in [5.74, 6) is 1.25. The molecule has 0 heterocycles. The fraction of sp³-hybridized carbons (Fsp3) is 0.143. The predicted octanol–water partition coefficient (Wildman–Crippen LogP) is 4.23. The van der Waals surface area contributed by atoms with Crippen LogP contribution in [-0.4, -0.2) is 0 Å². The van der Waals surface area contributed by atoms with Gasteiger partial charge in [-0.15, -0.1) is 0 Å². The molecule has 16 heavy (non-hydrogen) atoms. The van der Waals surface area contributed by atoms with Crippen LogP contribution in [0.1, 0.15) is 11.1 Å². The lowest BCUT2D eigenvalue weighted by Crippen LogP contribution is -1.89. The number of benzene rings is 2. The Morgan fingerprint density at radius 3 is 2.38 bits per heavy atom. The molecule has 2 aromatic carbocycles. The van der Waals surface area contributed by atoms with E-state index in [1.165, 1.54) is 6.07 Å². The van der Waals surface area contributed by atoms with Crippen molar-refractivity contribution in [1.29, 1.82) is 0 Å². The summed E-state index contributed by atoms with van der Waals surface area (Å²) in [6.45, 7) is 3.70. The van der Waals surface area contributed by atoms with Crippen LogP contribution in [0.15, 0.2) is 42.5 Å². The number of aryl methyl sites for hydroxylation is 2. The Morgan fingerprint density at radius 1 is 0.938 bits per heavy atom. The van der Waals surface area contributed by atoms with Crippen LogP contribution in [0.2, 0.25) is 0 Å². The molecule has 0 saturated carbocycles. The van der Waals surface area contributed by atoms with Crippen molar-refractivity contribution >= 4 is 0 Å². The molecule has 0 fully saturated rings. The molecule has 0 radical (unpaired) electrons. The molecule has 0 bridgehead atoms. The lowest BCUT2D eigenvalue weighted by Gasteiger charge is -2.09. The Hall–Kier alpha value is -1.83. The summed E-state index contributed by atoms with van der Waals surface area (Å²) in [6, 6.07) is 12.5. The van der Waals surface area contributed by atoms with Crippen LogP contribution < -0.4 is 4.74 Å². The van der Waals surface area contributed by atoms with E-state index in [2.05, 4.69) is 0 Å². The zero-order valence-electron chi connectivity index (χ0n) is 9.33. The molecule has 0 atom stereocenters. The van der Waals surface area contributed by atoms with Gasteiger partial charge in [-0.3, -0.25) is 0 Å². The van der Waals surface area contributed by atoms with E-state index in [-0.39, 0.29) is 5.82 Å². The molecule has 1 nitrogen and oxygen atoms in total. The summed E-state index contributed by atoms with van der Waals surface area (Å²) in [6.07, 6.45) is 0. The average molecular weight is 216 g/mol. The maximum Gasteiger partial charge on any atom is 0.130 e. The highest BCUT2D eigenvalue weighted by atomic mass is 19.1. The van der Waals surface area contributed by atoms with Crippen molar-refractivity contribution in [2.45, 2.75) is 13.8 Å². The van der Waals surface area contributed by atoms with Gasteiger partial charge in [0.1, 0.15) is 17.3 Å². The third-order valence-electron chi connectivity index (χ3n) is 2.45. The highest BCUT2D eigenvalue weighted by Gasteiger charge is 2.02. The van der Waals surface area contributed by atoms with E-state index in [0.717, 1.165) is 11.3 Å². The first-order chi connectivity index (χ1) is 7.66. The van der Waals surface area contributed by atoms with Gasteiger partial charge in [0.2, 0.25) is 0 Å². The van der Waals surface area contributed by atoms with Crippen LogP contribution in [0.25, 0.3) is 0 Å². The van der Waals surface area contributed by atoms with Crippen LogP contribution in [0.3, 0.4) is 0 Å². The van der Waals surface area contributed by atoms with Crippen molar-refractivity contribution in [3.63, 3.8) is 0 Å². The van der Waals surface area contributed by atoms with Gasteiger partial charge in [0.05, 0.1) is 0 Å². The molecular formula is C14H13FO. The molecule has 82 valence electrons. The third-order valence-corrected chi connectivity index (χ3v) is 2.45. The van der Waals surface area contributed by atoms with E-state index in [9.17, 15) is 4.39 Å². The van der Waals surface area contributed by atoms with Crippen LogP contribution in [-0.2, 0) is 0 Å². The van der Waals surface area contributed by atoms with Gasteiger partial charge in [0.25, 0.3) is 0 Å². The third kappa shape index (κ3) is 2.22. The van der Waals surface area contributed by atoms with E-state index in [1.807, 2.05) is 31.2 Å².